The second kappa shape index (κ2) is 10.6. The SMILES string of the molecule is CC1=C(C(=O)Nc2ccc(N)c(C=N)c2)C(C(/C=C\c2ccccc2)=C/C=C/O)NC(=O)N1. The van der Waals surface area contributed by atoms with Gasteiger partial charge in [-0.05, 0) is 42.3 Å². The van der Waals surface area contributed by atoms with E-state index in [0.29, 0.717) is 33.8 Å². The van der Waals surface area contributed by atoms with Gasteiger partial charge in [-0.25, -0.2) is 4.79 Å². The fourth-order valence-corrected chi connectivity index (χ4v) is 3.38. The van der Waals surface area contributed by atoms with Crippen LogP contribution in [0.1, 0.15) is 18.1 Å². The molecule has 168 valence electrons. The molecule has 0 aromatic heterocycles. The lowest BCUT2D eigenvalue weighted by molar-refractivity contribution is -0.113. The van der Waals surface area contributed by atoms with Gasteiger partial charge in [0.1, 0.15) is 0 Å². The van der Waals surface area contributed by atoms with Crippen molar-refractivity contribution in [2.24, 2.45) is 0 Å². The molecule has 1 heterocycles. The van der Waals surface area contributed by atoms with Gasteiger partial charge in [-0.15, -0.1) is 0 Å². The van der Waals surface area contributed by atoms with E-state index in [9.17, 15) is 14.7 Å². The van der Waals surface area contributed by atoms with Crippen LogP contribution >= 0.6 is 0 Å². The molecule has 0 bridgehead atoms. The Kier molecular flexibility index (Phi) is 7.43. The van der Waals surface area contributed by atoms with E-state index in [1.165, 1.54) is 6.08 Å². The number of urea groups is 1. The van der Waals surface area contributed by atoms with E-state index in [0.717, 1.165) is 18.0 Å². The molecule has 1 aliphatic heterocycles. The number of allylic oxidation sites excluding steroid dienone is 3. The van der Waals surface area contributed by atoms with Crippen LogP contribution in [0.4, 0.5) is 16.2 Å². The van der Waals surface area contributed by atoms with Crippen molar-refractivity contribution < 1.29 is 14.7 Å². The molecule has 3 rings (SSSR count). The van der Waals surface area contributed by atoms with Crippen molar-refractivity contribution in [3.8, 4) is 0 Å². The third kappa shape index (κ3) is 5.76. The van der Waals surface area contributed by atoms with E-state index in [-0.39, 0.29) is 0 Å². The van der Waals surface area contributed by atoms with Crippen LogP contribution in [0, 0.1) is 5.41 Å². The summed E-state index contributed by atoms with van der Waals surface area (Å²) in [6.07, 6.45) is 8.65. The Bertz CT molecular complexity index is 1180. The molecule has 0 saturated heterocycles. The second-order valence-electron chi connectivity index (χ2n) is 7.26. The molecule has 3 amide bonds. The van der Waals surface area contributed by atoms with E-state index in [4.69, 9.17) is 11.1 Å². The summed E-state index contributed by atoms with van der Waals surface area (Å²) in [6, 6.07) is 13.2. The number of rotatable bonds is 7. The maximum Gasteiger partial charge on any atom is 0.319 e. The molecule has 2 aromatic rings. The van der Waals surface area contributed by atoms with Gasteiger partial charge in [-0.1, -0.05) is 48.6 Å². The summed E-state index contributed by atoms with van der Waals surface area (Å²) in [7, 11) is 0. The first-order valence-electron chi connectivity index (χ1n) is 10.2. The van der Waals surface area contributed by atoms with Crippen LogP contribution in [-0.2, 0) is 4.79 Å². The van der Waals surface area contributed by atoms with Crippen molar-refractivity contribution in [1.82, 2.24) is 10.6 Å². The highest BCUT2D eigenvalue weighted by molar-refractivity contribution is 6.07. The van der Waals surface area contributed by atoms with Crippen LogP contribution < -0.4 is 21.7 Å². The number of nitrogen functional groups attached to an aromatic ring is 1. The normalized spacial score (nSPS) is 16.6. The zero-order valence-corrected chi connectivity index (χ0v) is 18.0. The highest BCUT2D eigenvalue weighted by Crippen LogP contribution is 2.24. The van der Waals surface area contributed by atoms with Crippen LogP contribution in [0.25, 0.3) is 6.08 Å². The molecule has 0 radical (unpaired) electrons. The van der Waals surface area contributed by atoms with Crippen LogP contribution in [0.15, 0.2) is 89.9 Å². The molecule has 2 aromatic carbocycles. The van der Waals surface area contributed by atoms with Gasteiger partial charge in [0, 0.05) is 28.8 Å². The summed E-state index contributed by atoms with van der Waals surface area (Å²) in [5.74, 6) is -0.433. The summed E-state index contributed by atoms with van der Waals surface area (Å²) in [6.45, 7) is 1.65. The lowest BCUT2D eigenvalue weighted by Crippen LogP contribution is -2.51. The highest BCUT2D eigenvalue weighted by Gasteiger charge is 2.31. The van der Waals surface area contributed by atoms with Crippen LogP contribution in [0.2, 0.25) is 0 Å². The van der Waals surface area contributed by atoms with Gasteiger partial charge in [0.2, 0.25) is 0 Å². The van der Waals surface area contributed by atoms with E-state index in [1.807, 2.05) is 36.4 Å². The Morgan fingerprint density at radius 1 is 1.21 bits per heavy atom. The van der Waals surface area contributed by atoms with Crippen molar-refractivity contribution in [1.29, 1.82) is 5.41 Å². The number of hydrogen-bond acceptors (Lipinski definition) is 5. The lowest BCUT2D eigenvalue weighted by atomic mass is 9.93. The molecule has 0 fully saturated rings. The van der Waals surface area contributed by atoms with E-state index < -0.39 is 18.0 Å². The number of hydrogen-bond donors (Lipinski definition) is 6. The average molecular weight is 444 g/mol. The Labute approximate surface area is 191 Å². The summed E-state index contributed by atoms with van der Waals surface area (Å²) in [5, 5.41) is 24.9. The Balaban J connectivity index is 1.97. The third-order valence-electron chi connectivity index (χ3n) is 4.99. The summed E-state index contributed by atoms with van der Waals surface area (Å²) in [5.41, 5.74) is 9.41. The third-order valence-corrected chi connectivity index (χ3v) is 4.99. The highest BCUT2D eigenvalue weighted by atomic mass is 16.2. The van der Waals surface area contributed by atoms with Crippen LogP contribution in [0.5, 0.6) is 0 Å². The lowest BCUT2D eigenvalue weighted by Gasteiger charge is -2.29. The number of aliphatic hydroxyl groups is 1. The Hall–Kier alpha value is -4.59. The fourth-order valence-electron chi connectivity index (χ4n) is 3.38. The van der Waals surface area contributed by atoms with E-state index in [1.54, 1.807) is 37.3 Å². The van der Waals surface area contributed by atoms with Gasteiger partial charge in [0.25, 0.3) is 5.91 Å². The summed E-state index contributed by atoms with van der Waals surface area (Å²) >= 11 is 0. The largest absolute Gasteiger partial charge is 0.516 e. The molecular weight excluding hydrogens is 418 g/mol. The number of anilines is 2. The predicted octanol–water partition coefficient (Wildman–Crippen LogP) is 3.87. The molecule has 8 nitrogen and oxygen atoms in total. The monoisotopic (exact) mass is 443 g/mol. The first-order valence-corrected chi connectivity index (χ1v) is 10.2. The number of benzene rings is 2. The maximum atomic E-state index is 13.3. The summed E-state index contributed by atoms with van der Waals surface area (Å²) < 4.78 is 0. The smallest absolute Gasteiger partial charge is 0.319 e. The topological polar surface area (TPSA) is 140 Å². The van der Waals surface area contributed by atoms with Crippen LogP contribution in [0.3, 0.4) is 0 Å². The first kappa shape index (κ1) is 23.1. The zero-order chi connectivity index (χ0) is 23.8. The first-order chi connectivity index (χ1) is 15.9. The average Bonchev–Trinajstić information content (AvgIpc) is 2.80. The van der Waals surface area contributed by atoms with Crippen molar-refractivity contribution in [2.75, 3.05) is 11.1 Å². The van der Waals surface area contributed by atoms with E-state index >= 15 is 0 Å². The molecule has 1 atom stereocenters. The number of nitrogens with two attached hydrogens (primary N) is 1. The minimum atomic E-state index is -0.772. The molecular formula is C25H25N5O3. The molecule has 1 aliphatic rings. The number of carbonyl (C=O) groups is 2. The molecule has 33 heavy (non-hydrogen) atoms. The Morgan fingerprint density at radius 3 is 2.67 bits per heavy atom. The minimum Gasteiger partial charge on any atom is -0.516 e. The molecule has 0 aliphatic carbocycles. The number of carbonyl (C=O) groups excluding carboxylic acids is 2. The van der Waals surface area contributed by atoms with Crippen molar-refractivity contribution in [3.05, 3.63) is 101 Å². The van der Waals surface area contributed by atoms with Gasteiger partial charge in [0.15, 0.2) is 0 Å². The summed E-state index contributed by atoms with van der Waals surface area (Å²) in [4.78, 5) is 25.5. The zero-order valence-electron chi connectivity index (χ0n) is 18.0. The number of aliphatic hydroxyl groups excluding tert-OH is 1. The van der Waals surface area contributed by atoms with Gasteiger partial charge in [-0.3, -0.25) is 4.79 Å². The molecule has 7 N–H and O–H groups in total. The molecule has 1 unspecified atom stereocenters. The van der Waals surface area contributed by atoms with Crippen LogP contribution in [-0.4, -0.2) is 29.3 Å². The number of amides is 3. The van der Waals surface area contributed by atoms with Gasteiger partial charge < -0.3 is 32.2 Å². The standard InChI is InChI=1S/C25H25N5O3/c1-16-22(24(32)29-20-11-12-21(27)19(14-20)15-26)23(30-25(33)28-16)18(8-5-13-31)10-9-17-6-3-2-4-7-17/h2-15,23,26,31H,27H2,1H3,(H,29,32)(H2,28,30,33)/b10-9-,13-5+,18-8+,26-15?. The quantitative estimate of drug-likeness (QED) is 0.167. The van der Waals surface area contributed by atoms with Crippen molar-refractivity contribution in [3.63, 3.8) is 0 Å². The maximum absolute atomic E-state index is 13.3. The minimum absolute atomic E-state index is 0.304. The second-order valence-corrected chi connectivity index (χ2v) is 7.26. The number of nitrogens with one attached hydrogen (secondary N) is 4. The fraction of sp³-hybridized carbons (Fsp3) is 0.0800. The van der Waals surface area contributed by atoms with Gasteiger partial charge in [-0.2, -0.15) is 0 Å². The van der Waals surface area contributed by atoms with Gasteiger partial charge >= 0.3 is 6.03 Å². The van der Waals surface area contributed by atoms with E-state index in [2.05, 4.69) is 16.0 Å². The van der Waals surface area contributed by atoms with Crippen molar-refractivity contribution in [2.45, 2.75) is 13.0 Å². The predicted molar refractivity (Wildman–Crippen MR) is 131 cm³/mol. The van der Waals surface area contributed by atoms with Gasteiger partial charge in [0.05, 0.1) is 17.9 Å². The molecule has 0 saturated carbocycles. The van der Waals surface area contributed by atoms with Crippen molar-refractivity contribution >= 4 is 35.6 Å². The Morgan fingerprint density at radius 2 is 1.97 bits per heavy atom. The molecule has 0 spiro atoms. The molecule has 8 heteroatoms.